The van der Waals surface area contributed by atoms with Gasteiger partial charge in [-0.1, -0.05) is 13.8 Å². The molecule has 0 aromatic carbocycles. The van der Waals surface area contributed by atoms with Gasteiger partial charge in [-0.05, 0) is 58.0 Å². The first-order valence-corrected chi connectivity index (χ1v) is 8.34. The maximum absolute atomic E-state index is 7.57. The van der Waals surface area contributed by atoms with E-state index in [0.29, 0.717) is 5.84 Å². The van der Waals surface area contributed by atoms with Crippen molar-refractivity contribution in [3.63, 3.8) is 0 Å². The summed E-state index contributed by atoms with van der Waals surface area (Å²) in [5.74, 6) is 0.320. The van der Waals surface area contributed by atoms with Crippen LogP contribution in [0.25, 0.3) is 0 Å². The van der Waals surface area contributed by atoms with Crippen LogP contribution in [0.5, 0.6) is 0 Å². The van der Waals surface area contributed by atoms with Crippen molar-refractivity contribution in [3.8, 4) is 0 Å². The highest BCUT2D eigenvalue weighted by Gasteiger charge is 2.22. The molecular weight excluding hydrogens is 242 g/mol. The highest BCUT2D eigenvalue weighted by molar-refractivity contribution is 7.99. The maximum atomic E-state index is 7.57. The summed E-state index contributed by atoms with van der Waals surface area (Å²) >= 11 is 2.02. The second-order valence-corrected chi connectivity index (χ2v) is 7.17. The number of nitrogens with two attached hydrogens (primary N) is 1. The second-order valence-electron chi connectivity index (χ2n) is 6.03. The Hall–Kier alpha value is -0.220. The van der Waals surface area contributed by atoms with E-state index in [1.54, 1.807) is 0 Å². The van der Waals surface area contributed by atoms with Crippen LogP contribution in [0, 0.1) is 10.8 Å². The molecule has 0 amide bonds. The largest absolute Gasteiger partial charge is 0.387 e. The van der Waals surface area contributed by atoms with E-state index in [4.69, 9.17) is 11.1 Å². The lowest BCUT2D eigenvalue weighted by Gasteiger charge is -2.25. The Morgan fingerprint density at radius 2 is 2.11 bits per heavy atom. The fourth-order valence-corrected chi connectivity index (χ4v) is 3.21. The van der Waals surface area contributed by atoms with Gasteiger partial charge >= 0.3 is 0 Å². The minimum Gasteiger partial charge on any atom is -0.387 e. The third-order valence-electron chi connectivity index (χ3n) is 4.11. The molecular formula is C14H29N3S. The van der Waals surface area contributed by atoms with E-state index in [0.717, 1.165) is 24.6 Å². The molecule has 1 heterocycles. The average Bonchev–Trinajstić information content (AvgIpc) is 2.54. The minimum atomic E-state index is -0.131. The lowest BCUT2D eigenvalue weighted by Crippen LogP contribution is -2.32. The molecule has 4 heteroatoms. The number of nitrogens with one attached hydrogen (secondary N) is 1. The molecule has 0 radical (unpaired) electrons. The van der Waals surface area contributed by atoms with Crippen LogP contribution < -0.4 is 5.73 Å². The highest BCUT2D eigenvalue weighted by atomic mass is 32.2. The van der Waals surface area contributed by atoms with Gasteiger partial charge in [0.1, 0.15) is 0 Å². The molecule has 106 valence electrons. The molecule has 1 aliphatic heterocycles. The van der Waals surface area contributed by atoms with Crippen LogP contribution in [-0.2, 0) is 0 Å². The van der Waals surface area contributed by atoms with Gasteiger partial charge in [-0.2, -0.15) is 11.8 Å². The van der Waals surface area contributed by atoms with E-state index in [1.807, 2.05) is 11.8 Å². The number of nitrogens with zero attached hydrogens (tertiary/aromatic N) is 1. The van der Waals surface area contributed by atoms with Crippen LogP contribution in [0.15, 0.2) is 0 Å². The van der Waals surface area contributed by atoms with Crippen LogP contribution in [0.2, 0.25) is 0 Å². The monoisotopic (exact) mass is 271 g/mol. The Labute approximate surface area is 116 Å². The molecule has 18 heavy (non-hydrogen) atoms. The summed E-state index contributed by atoms with van der Waals surface area (Å²) in [6.07, 6.45) is 8.44. The molecule has 1 saturated heterocycles. The number of thioether (sulfide) groups is 1. The van der Waals surface area contributed by atoms with Gasteiger partial charge in [0, 0.05) is 10.7 Å². The summed E-state index contributed by atoms with van der Waals surface area (Å²) in [5, 5.41) is 8.43. The van der Waals surface area contributed by atoms with Crippen molar-refractivity contribution in [2.24, 2.45) is 11.1 Å². The fraction of sp³-hybridized carbons (Fsp3) is 0.929. The lowest BCUT2D eigenvalue weighted by atomic mass is 9.86. The summed E-state index contributed by atoms with van der Waals surface area (Å²) in [5.41, 5.74) is 5.49. The zero-order valence-electron chi connectivity index (χ0n) is 12.2. The fourth-order valence-electron chi connectivity index (χ4n) is 2.46. The van der Waals surface area contributed by atoms with Crippen molar-refractivity contribution in [2.75, 3.05) is 25.9 Å². The molecule has 0 bridgehead atoms. The first-order valence-electron chi connectivity index (χ1n) is 7.05. The molecule has 0 spiro atoms. The summed E-state index contributed by atoms with van der Waals surface area (Å²) in [4.78, 5) is 2.59. The van der Waals surface area contributed by atoms with Gasteiger partial charge in [0.05, 0.1) is 5.84 Å². The van der Waals surface area contributed by atoms with E-state index in [2.05, 4.69) is 25.0 Å². The molecule has 3 N–H and O–H groups in total. The number of likely N-dealkylation sites (tertiary alicyclic amines) is 1. The Morgan fingerprint density at radius 3 is 2.72 bits per heavy atom. The molecule has 1 atom stereocenters. The van der Waals surface area contributed by atoms with Gasteiger partial charge in [0.2, 0.25) is 0 Å². The van der Waals surface area contributed by atoms with E-state index in [9.17, 15) is 0 Å². The van der Waals surface area contributed by atoms with E-state index in [1.165, 1.54) is 32.4 Å². The van der Waals surface area contributed by atoms with Crippen molar-refractivity contribution in [3.05, 3.63) is 0 Å². The van der Waals surface area contributed by atoms with Crippen LogP contribution >= 0.6 is 11.8 Å². The van der Waals surface area contributed by atoms with Gasteiger partial charge in [-0.25, -0.2) is 0 Å². The zero-order chi connectivity index (χ0) is 13.6. The summed E-state index contributed by atoms with van der Waals surface area (Å²) in [6.45, 7) is 7.80. The smallest absolute Gasteiger partial charge is 0.0963 e. The van der Waals surface area contributed by atoms with Gasteiger partial charge in [-0.3, -0.25) is 5.41 Å². The first-order chi connectivity index (χ1) is 8.45. The Balaban J connectivity index is 2.25. The van der Waals surface area contributed by atoms with E-state index < -0.39 is 0 Å². The van der Waals surface area contributed by atoms with Crippen molar-refractivity contribution >= 4 is 17.6 Å². The van der Waals surface area contributed by atoms with Crippen molar-refractivity contribution in [1.29, 1.82) is 5.41 Å². The van der Waals surface area contributed by atoms with Gasteiger partial charge in [0.25, 0.3) is 0 Å². The minimum absolute atomic E-state index is 0.131. The normalized spacial score (nSPS) is 22.7. The number of amidine groups is 1. The van der Waals surface area contributed by atoms with Crippen LogP contribution in [-0.4, -0.2) is 41.9 Å². The Morgan fingerprint density at radius 1 is 1.39 bits per heavy atom. The molecule has 1 rings (SSSR count). The summed E-state index contributed by atoms with van der Waals surface area (Å²) in [6, 6.07) is 0. The van der Waals surface area contributed by atoms with Crippen molar-refractivity contribution in [1.82, 2.24) is 4.90 Å². The second kappa shape index (κ2) is 7.39. The lowest BCUT2D eigenvalue weighted by molar-refractivity contribution is 0.267. The molecule has 0 aliphatic carbocycles. The Kier molecular flexibility index (Phi) is 6.50. The molecule has 1 aliphatic rings. The molecule has 0 aromatic heterocycles. The quantitative estimate of drug-likeness (QED) is 0.577. The van der Waals surface area contributed by atoms with Gasteiger partial charge in [-0.15, -0.1) is 0 Å². The zero-order valence-corrected chi connectivity index (χ0v) is 13.0. The van der Waals surface area contributed by atoms with Crippen LogP contribution in [0.3, 0.4) is 0 Å². The summed E-state index contributed by atoms with van der Waals surface area (Å²) in [7, 11) is 0. The average molecular weight is 271 g/mol. The maximum Gasteiger partial charge on any atom is 0.0963 e. The molecule has 0 aromatic rings. The molecule has 0 saturated carbocycles. The summed E-state index contributed by atoms with van der Waals surface area (Å²) < 4.78 is 0. The van der Waals surface area contributed by atoms with E-state index >= 15 is 0 Å². The van der Waals surface area contributed by atoms with Gasteiger partial charge < -0.3 is 10.6 Å². The predicted octanol–water partition coefficient (Wildman–Crippen LogP) is 2.95. The number of hydrogen-bond donors (Lipinski definition) is 2. The predicted molar refractivity (Wildman–Crippen MR) is 82.5 cm³/mol. The van der Waals surface area contributed by atoms with Crippen molar-refractivity contribution < 1.29 is 0 Å². The third-order valence-corrected chi connectivity index (χ3v) is 5.24. The highest BCUT2D eigenvalue weighted by Crippen LogP contribution is 2.24. The number of hydrogen-bond acceptors (Lipinski definition) is 3. The van der Waals surface area contributed by atoms with Gasteiger partial charge in [0.15, 0.2) is 0 Å². The molecule has 1 fully saturated rings. The number of rotatable bonds is 6. The topological polar surface area (TPSA) is 53.1 Å². The van der Waals surface area contributed by atoms with Crippen molar-refractivity contribution in [2.45, 2.75) is 51.2 Å². The van der Waals surface area contributed by atoms with Crippen LogP contribution in [0.1, 0.15) is 46.0 Å². The van der Waals surface area contributed by atoms with Crippen LogP contribution in [0.4, 0.5) is 0 Å². The third kappa shape index (κ3) is 5.19. The Bertz CT molecular complexity index is 266. The standard InChI is InChI=1S/C14H29N3S/c1-14(2,13(15)16)8-5-10-17-9-4-6-12(18-3)7-11-17/h12H,4-11H2,1-3H3,(H3,15,16). The molecule has 3 nitrogen and oxygen atoms in total. The first kappa shape index (κ1) is 15.8. The van der Waals surface area contributed by atoms with E-state index in [-0.39, 0.29) is 5.41 Å². The molecule has 1 unspecified atom stereocenters. The SMILES string of the molecule is CSC1CCCN(CCCC(C)(C)C(=N)N)CC1.